The fraction of sp³-hybridized carbons (Fsp3) is 0.667. The molecular formula is C18H30N2O. The monoisotopic (exact) mass is 290 g/mol. The number of likely N-dealkylation sites (tertiary alicyclic amines) is 1. The molecule has 0 radical (unpaired) electrons. The van der Waals surface area contributed by atoms with E-state index in [1.165, 1.54) is 44.3 Å². The van der Waals surface area contributed by atoms with Crippen LogP contribution in [0.5, 0.6) is 5.75 Å². The molecule has 0 spiro atoms. The van der Waals surface area contributed by atoms with Crippen LogP contribution in [0.25, 0.3) is 0 Å². The third kappa shape index (κ3) is 5.33. The average Bonchev–Trinajstić information content (AvgIpc) is 2.50. The molecule has 1 fully saturated rings. The van der Waals surface area contributed by atoms with Gasteiger partial charge in [0.05, 0.1) is 6.61 Å². The maximum atomic E-state index is 5.66. The number of nitrogens with zero attached hydrogens (tertiary/aromatic N) is 1. The molecule has 118 valence electrons. The summed E-state index contributed by atoms with van der Waals surface area (Å²) in [5, 5.41) is 3.55. The van der Waals surface area contributed by atoms with E-state index in [9.17, 15) is 0 Å². The molecule has 1 aromatic rings. The minimum Gasteiger partial charge on any atom is -0.494 e. The molecule has 1 saturated heterocycles. The molecule has 0 aliphatic carbocycles. The maximum Gasteiger partial charge on any atom is 0.123 e. The van der Waals surface area contributed by atoms with E-state index in [0.717, 1.165) is 31.5 Å². The Bertz CT molecular complexity index is 408. The number of nitrogens with one attached hydrogen (secondary N) is 1. The van der Waals surface area contributed by atoms with Gasteiger partial charge in [-0.2, -0.15) is 0 Å². The van der Waals surface area contributed by atoms with Gasteiger partial charge in [-0.15, -0.1) is 0 Å². The van der Waals surface area contributed by atoms with Crippen LogP contribution in [0, 0.1) is 0 Å². The summed E-state index contributed by atoms with van der Waals surface area (Å²) in [6.45, 7) is 9.60. The van der Waals surface area contributed by atoms with Gasteiger partial charge in [0.2, 0.25) is 0 Å². The van der Waals surface area contributed by atoms with Crippen molar-refractivity contribution in [1.29, 1.82) is 0 Å². The number of hydrogen-bond donors (Lipinski definition) is 1. The highest BCUT2D eigenvalue weighted by Gasteiger charge is 2.16. The van der Waals surface area contributed by atoms with E-state index in [1.54, 1.807) is 0 Å². The highest BCUT2D eigenvalue weighted by molar-refractivity contribution is 5.33. The Kier molecular flexibility index (Phi) is 7.04. The Morgan fingerprint density at radius 3 is 2.95 bits per heavy atom. The van der Waals surface area contributed by atoms with Gasteiger partial charge in [-0.3, -0.25) is 0 Å². The minimum atomic E-state index is 0.726. The molecular weight excluding hydrogens is 260 g/mol. The lowest BCUT2D eigenvalue weighted by atomic mass is 10.0. The van der Waals surface area contributed by atoms with Gasteiger partial charge in [0.15, 0.2) is 0 Å². The molecule has 0 amide bonds. The van der Waals surface area contributed by atoms with E-state index in [0.29, 0.717) is 0 Å². The summed E-state index contributed by atoms with van der Waals surface area (Å²) in [5.41, 5.74) is 1.26. The van der Waals surface area contributed by atoms with Gasteiger partial charge >= 0.3 is 0 Å². The van der Waals surface area contributed by atoms with E-state index in [2.05, 4.69) is 35.3 Å². The molecule has 1 aliphatic rings. The third-order valence-corrected chi connectivity index (χ3v) is 4.33. The van der Waals surface area contributed by atoms with Gasteiger partial charge in [-0.1, -0.05) is 24.6 Å². The molecule has 3 nitrogen and oxygen atoms in total. The molecule has 1 atom stereocenters. The van der Waals surface area contributed by atoms with Crippen LogP contribution in [0.1, 0.15) is 45.1 Å². The zero-order chi connectivity index (χ0) is 14.9. The van der Waals surface area contributed by atoms with Crippen LogP contribution >= 0.6 is 0 Å². The maximum absolute atomic E-state index is 5.66. The summed E-state index contributed by atoms with van der Waals surface area (Å²) in [7, 11) is 0. The van der Waals surface area contributed by atoms with Gasteiger partial charge < -0.3 is 15.0 Å². The first-order valence-corrected chi connectivity index (χ1v) is 8.46. The molecule has 0 bridgehead atoms. The smallest absolute Gasteiger partial charge is 0.123 e. The first-order valence-electron chi connectivity index (χ1n) is 8.46. The number of piperidine rings is 1. The van der Waals surface area contributed by atoms with Gasteiger partial charge in [0, 0.05) is 18.2 Å². The molecule has 0 aromatic heterocycles. The summed E-state index contributed by atoms with van der Waals surface area (Å²) < 4.78 is 5.66. The van der Waals surface area contributed by atoms with Crippen LogP contribution in [-0.2, 0) is 6.54 Å². The van der Waals surface area contributed by atoms with Crippen molar-refractivity contribution in [2.24, 2.45) is 0 Å². The molecule has 1 aromatic carbocycles. The summed E-state index contributed by atoms with van der Waals surface area (Å²) >= 11 is 0. The Hall–Kier alpha value is -1.06. The van der Waals surface area contributed by atoms with Gasteiger partial charge in [0.25, 0.3) is 0 Å². The largest absolute Gasteiger partial charge is 0.494 e. The normalized spacial score (nSPS) is 19.6. The second-order valence-electron chi connectivity index (χ2n) is 5.95. The van der Waals surface area contributed by atoms with Crippen molar-refractivity contribution >= 4 is 0 Å². The fourth-order valence-corrected chi connectivity index (χ4v) is 3.07. The number of rotatable bonds is 8. The second kappa shape index (κ2) is 9.06. The first-order chi connectivity index (χ1) is 10.3. The SMILES string of the molecule is CCOc1ccccc1CNCCCN1CCCCC1C. The molecule has 1 heterocycles. The van der Waals surface area contributed by atoms with Crippen LogP contribution < -0.4 is 10.1 Å². The van der Waals surface area contributed by atoms with Gasteiger partial charge in [-0.25, -0.2) is 0 Å². The van der Waals surface area contributed by atoms with E-state index in [4.69, 9.17) is 4.74 Å². The highest BCUT2D eigenvalue weighted by atomic mass is 16.5. The summed E-state index contributed by atoms with van der Waals surface area (Å²) in [6, 6.07) is 9.08. The van der Waals surface area contributed by atoms with Gasteiger partial charge in [0.1, 0.15) is 5.75 Å². The Morgan fingerprint density at radius 2 is 2.14 bits per heavy atom. The van der Waals surface area contributed by atoms with E-state index in [1.807, 2.05) is 13.0 Å². The predicted molar refractivity (Wildman–Crippen MR) is 88.8 cm³/mol. The summed E-state index contributed by atoms with van der Waals surface area (Å²) in [6.07, 6.45) is 5.37. The van der Waals surface area contributed by atoms with E-state index < -0.39 is 0 Å². The van der Waals surface area contributed by atoms with Crippen molar-refractivity contribution in [3.05, 3.63) is 29.8 Å². The molecule has 2 rings (SSSR count). The number of ether oxygens (including phenoxy) is 1. The number of benzene rings is 1. The standard InChI is InChI=1S/C18H30N2O/c1-3-21-18-11-5-4-10-17(18)15-19-12-8-14-20-13-7-6-9-16(20)2/h4-5,10-11,16,19H,3,6-9,12-15H2,1-2H3. The molecule has 1 aliphatic heterocycles. The van der Waals surface area contributed by atoms with Crippen molar-refractivity contribution in [3.8, 4) is 5.75 Å². The zero-order valence-electron chi connectivity index (χ0n) is 13.6. The predicted octanol–water partition coefficient (Wildman–Crippen LogP) is 3.44. The lowest BCUT2D eigenvalue weighted by Gasteiger charge is -2.33. The van der Waals surface area contributed by atoms with Crippen LogP contribution in [-0.4, -0.2) is 37.2 Å². The second-order valence-corrected chi connectivity index (χ2v) is 5.95. The fourth-order valence-electron chi connectivity index (χ4n) is 3.07. The topological polar surface area (TPSA) is 24.5 Å². The molecule has 1 N–H and O–H groups in total. The Labute approximate surface area is 129 Å². The van der Waals surface area contributed by atoms with Crippen LogP contribution in [0.3, 0.4) is 0 Å². The van der Waals surface area contributed by atoms with E-state index >= 15 is 0 Å². The van der Waals surface area contributed by atoms with Crippen LogP contribution in [0.4, 0.5) is 0 Å². The minimum absolute atomic E-state index is 0.726. The molecule has 3 heteroatoms. The van der Waals surface area contributed by atoms with Crippen molar-refractivity contribution in [2.45, 2.75) is 52.1 Å². The van der Waals surface area contributed by atoms with Crippen molar-refractivity contribution in [3.63, 3.8) is 0 Å². The van der Waals surface area contributed by atoms with Crippen LogP contribution in [0.15, 0.2) is 24.3 Å². The molecule has 1 unspecified atom stereocenters. The number of hydrogen-bond acceptors (Lipinski definition) is 3. The number of para-hydroxylation sites is 1. The summed E-state index contributed by atoms with van der Waals surface area (Å²) in [4.78, 5) is 2.64. The average molecular weight is 290 g/mol. The first kappa shape index (κ1) is 16.3. The molecule has 21 heavy (non-hydrogen) atoms. The van der Waals surface area contributed by atoms with Crippen molar-refractivity contribution in [2.75, 3.05) is 26.2 Å². The lowest BCUT2D eigenvalue weighted by molar-refractivity contribution is 0.159. The third-order valence-electron chi connectivity index (χ3n) is 4.33. The quantitative estimate of drug-likeness (QED) is 0.742. The summed E-state index contributed by atoms with van der Waals surface area (Å²) in [5.74, 6) is 1.01. The van der Waals surface area contributed by atoms with Crippen molar-refractivity contribution in [1.82, 2.24) is 10.2 Å². The van der Waals surface area contributed by atoms with Crippen LogP contribution in [0.2, 0.25) is 0 Å². The Balaban J connectivity index is 1.65. The lowest BCUT2D eigenvalue weighted by Crippen LogP contribution is -2.38. The van der Waals surface area contributed by atoms with Gasteiger partial charge in [-0.05, 0) is 58.8 Å². The Morgan fingerprint density at radius 1 is 1.29 bits per heavy atom. The van der Waals surface area contributed by atoms with Crippen molar-refractivity contribution < 1.29 is 4.74 Å². The highest BCUT2D eigenvalue weighted by Crippen LogP contribution is 2.18. The zero-order valence-corrected chi connectivity index (χ0v) is 13.6. The molecule has 0 saturated carbocycles. The van der Waals surface area contributed by atoms with E-state index in [-0.39, 0.29) is 0 Å².